The second-order valence-corrected chi connectivity index (χ2v) is 4.82. The van der Waals surface area contributed by atoms with E-state index in [0.29, 0.717) is 16.7 Å². The van der Waals surface area contributed by atoms with E-state index in [9.17, 15) is 0 Å². The van der Waals surface area contributed by atoms with Crippen LogP contribution in [-0.2, 0) is 0 Å². The number of aromatic nitrogens is 1. The van der Waals surface area contributed by atoms with Crippen LogP contribution < -0.4 is 5.73 Å². The third-order valence-electron chi connectivity index (χ3n) is 2.89. The van der Waals surface area contributed by atoms with Crippen LogP contribution in [0.15, 0.2) is 63.4 Å². The zero-order valence-corrected chi connectivity index (χ0v) is 12.1. The summed E-state index contributed by atoms with van der Waals surface area (Å²) in [4.78, 5) is 12.5. The predicted octanol–water partition coefficient (Wildman–Crippen LogP) is 3.14. The van der Waals surface area contributed by atoms with E-state index in [2.05, 4.69) is 27.6 Å². The SMILES string of the molecule is CC1=C=CC(Cl)=NC(N)=C1N=CC(C)c1ccncc1. The lowest BCUT2D eigenvalue weighted by molar-refractivity contribution is 1.02. The number of pyridine rings is 1. The second kappa shape index (κ2) is 6.33. The number of hydrogen-bond acceptors (Lipinski definition) is 4. The molecule has 2 N–H and O–H groups in total. The molecule has 1 aromatic heterocycles. The Labute approximate surface area is 123 Å². The quantitative estimate of drug-likeness (QED) is 0.685. The van der Waals surface area contributed by atoms with Crippen molar-refractivity contribution in [2.75, 3.05) is 0 Å². The number of allylic oxidation sites excluding steroid dienone is 1. The van der Waals surface area contributed by atoms with E-state index < -0.39 is 0 Å². The van der Waals surface area contributed by atoms with Crippen LogP contribution in [0.4, 0.5) is 0 Å². The van der Waals surface area contributed by atoms with Gasteiger partial charge in [-0.25, -0.2) is 4.99 Å². The van der Waals surface area contributed by atoms with E-state index in [1.54, 1.807) is 18.5 Å². The fourth-order valence-corrected chi connectivity index (χ4v) is 1.88. The van der Waals surface area contributed by atoms with E-state index in [-0.39, 0.29) is 5.92 Å². The number of nitrogens with zero attached hydrogens (tertiary/aromatic N) is 3. The third-order valence-corrected chi connectivity index (χ3v) is 3.09. The second-order valence-electron chi connectivity index (χ2n) is 4.43. The zero-order valence-electron chi connectivity index (χ0n) is 11.3. The lowest BCUT2D eigenvalue weighted by Gasteiger charge is -2.06. The van der Waals surface area contributed by atoms with Gasteiger partial charge in [-0.05, 0) is 24.6 Å². The smallest absolute Gasteiger partial charge is 0.152 e. The summed E-state index contributed by atoms with van der Waals surface area (Å²) in [6.45, 7) is 3.93. The van der Waals surface area contributed by atoms with E-state index in [4.69, 9.17) is 17.3 Å². The Balaban J connectivity index is 2.27. The Hall–Kier alpha value is -2.16. The highest BCUT2D eigenvalue weighted by Gasteiger charge is 2.08. The molecule has 1 aliphatic rings. The van der Waals surface area contributed by atoms with E-state index >= 15 is 0 Å². The molecule has 0 bridgehead atoms. The fraction of sp³-hybridized carbons (Fsp3) is 0.200. The van der Waals surface area contributed by atoms with Crippen LogP contribution in [0.1, 0.15) is 25.3 Å². The van der Waals surface area contributed by atoms with Crippen molar-refractivity contribution in [1.82, 2.24) is 4.98 Å². The average molecular weight is 287 g/mol. The molecule has 0 saturated carbocycles. The van der Waals surface area contributed by atoms with Crippen LogP contribution in [0, 0.1) is 0 Å². The van der Waals surface area contributed by atoms with Crippen LogP contribution in [0.2, 0.25) is 0 Å². The molecule has 20 heavy (non-hydrogen) atoms. The van der Waals surface area contributed by atoms with Crippen LogP contribution in [0.5, 0.6) is 0 Å². The Kier molecular flexibility index (Phi) is 4.51. The summed E-state index contributed by atoms with van der Waals surface area (Å²) in [6.07, 6.45) is 6.93. The Bertz CT molecular complexity index is 650. The monoisotopic (exact) mass is 286 g/mol. The maximum atomic E-state index is 5.89. The van der Waals surface area contributed by atoms with Crippen LogP contribution in [0.25, 0.3) is 0 Å². The molecule has 0 aliphatic carbocycles. The van der Waals surface area contributed by atoms with Crippen LogP contribution in [0.3, 0.4) is 0 Å². The van der Waals surface area contributed by atoms with Gasteiger partial charge in [0.1, 0.15) is 10.9 Å². The van der Waals surface area contributed by atoms with E-state index in [0.717, 1.165) is 11.1 Å². The molecule has 5 heteroatoms. The molecule has 2 rings (SSSR count). The van der Waals surface area contributed by atoms with Gasteiger partial charge >= 0.3 is 0 Å². The van der Waals surface area contributed by atoms with Crippen molar-refractivity contribution in [2.45, 2.75) is 19.8 Å². The van der Waals surface area contributed by atoms with Gasteiger partial charge in [-0.15, -0.1) is 5.73 Å². The molecule has 1 unspecified atom stereocenters. The summed E-state index contributed by atoms with van der Waals surface area (Å²) in [7, 11) is 0. The summed E-state index contributed by atoms with van der Waals surface area (Å²) >= 11 is 5.85. The first kappa shape index (κ1) is 14.3. The Morgan fingerprint density at radius 3 is 2.80 bits per heavy atom. The van der Waals surface area contributed by atoms with Crippen LogP contribution in [-0.4, -0.2) is 16.4 Å². The molecule has 0 amide bonds. The fourth-order valence-electron chi connectivity index (χ4n) is 1.73. The third kappa shape index (κ3) is 3.44. The summed E-state index contributed by atoms with van der Waals surface area (Å²) in [5.41, 5.74) is 11.4. The standard InChI is InChI=1S/C15H15ClN4/c1-10-3-4-13(16)20-15(17)14(10)19-9-11(2)12-5-7-18-8-6-12/h4-9,11H,17H2,1-2H3. The van der Waals surface area contributed by atoms with E-state index in [1.165, 1.54) is 0 Å². The van der Waals surface area contributed by atoms with Gasteiger partial charge in [-0.2, -0.15) is 0 Å². The van der Waals surface area contributed by atoms with Gasteiger partial charge in [0.15, 0.2) is 5.82 Å². The van der Waals surface area contributed by atoms with Gasteiger partial charge in [0.25, 0.3) is 0 Å². The normalized spacial score (nSPS) is 16.9. The predicted molar refractivity (Wildman–Crippen MR) is 82.9 cm³/mol. The molecule has 1 aliphatic heterocycles. The zero-order chi connectivity index (χ0) is 14.5. The molecule has 102 valence electrons. The number of nitrogens with two attached hydrogens (primary N) is 1. The maximum Gasteiger partial charge on any atom is 0.152 e. The Morgan fingerprint density at radius 1 is 1.40 bits per heavy atom. The highest BCUT2D eigenvalue weighted by molar-refractivity contribution is 6.68. The summed E-state index contributed by atoms with van der Waals surface area (Å²) < 4.78 is 0. The minimum absolute atomic E-state index is 0.151. The van der Waals surface area contributed by atoms with Gasteiger partial charge in [-0.3, -0.25) is 9.98 Å². The van der Waals surface area contributed by atoms with Gasteiger partial charge < -0.3 is 5.73 Å². The van der Waals surface area contributed by atoms with Crippen molar-refractivity contribution < 1.29 is 0 Å². The summed E-state index contributed by atoms with van der Waals surface area (Å²) in [5, 5.41) is 0.300. The maximum absolute atomic E-state index is 5.89. The van der Waals surface area contributed by atoms with Crippen molar-refractivity contribution in [1.29, 1.82) is 0 Å². The first-order valence-corrected chi connectivity index (χ1v) is 6.57. The average Bonchev–Trinajstić information content (AvgIpc) is 2.57. The number of aliphatic imine (C=N–C) groups is 2. The highest BCUT2D eigenvalue weighted by Crippen LogP contribution is 2.18. The number of halogens is 1. The largest absolute Gasteiger partial charge is 0.382 e. The van der Waals surface area contributed by atoms with Crippen molar-refractivity contribution in [3.63, 3.8) is 0 Å². The highest BCUT2D eigenvalue weighted by atomic mass is 35.5. The minimum atomic E-state index is 0.151. The van der Waals surface area contributed by atoms with Crippen LogP contribution >= 0.6 is 11.6 Å². The van der Waals surface area contributed by atoms with E-state index in [1.807, 2.05) is 25.3 Å². The summed E-state index contributed by atoms with van der Waals surface area (Å²) in [6, 6.07) is 3.91. The first-order chi connectivity index (χ1) is 9.58. The molecule has 0 radical (unpaired) electrons. The van der Waals surface area contributed by atoms with Gasteiger partial charge in [0.2, 0.25) is 0 Å². The summed E-state index contributed by atoms with van der Waals surface area (Å²) in [5.74, 6) is 0.449. The van der Waals surface area contributed by atoms with Crippen molar-refractivity contribution in [2.24, 2.45) is 15.7 Å². The van der Waals surface area contributed by atoms with Crippen molar-refractivity contribution in [3.05, 3.63) is 59.0 Å². The van der Waals surface area contributed by atoms with Crippen molar-refractivity contribution >= 4 is 23.0 Å². The molecule has 1 atom stereocenters. The molecular formula is C15H15ClN4. The van der Waals surface area contributed by atoms with Gasteiger partial charge in [0.05, 0.1) is 0 Å². The molecule has 1 aromatic rings. The lowest BCUT2D eigenvalue weighted by Crippen LogP contribution is -2.02. The minimum Gasteiger partial charge on any atom is -0.382 e. The van der Waals surface area contributed by atoms with Gasteiger partial charge in [-0.1, -0.05) is 18.5 Å². The molecule has 0 saturated heterocycles. The molecule has 2 heterocycles. The molecule has 0 fully saturated rings. The lowest BCUT2D eigenvalue weighted by atomic mass is 10.0. The molecule has 0 spiro atoms. The molecular weight excluding hydrogens is 272 g/mol. The number of rotatable bonds is 3. The number of hydrogen-bond donors (Lipinski definition) is 1. The first-order valence-electron chi connectivity index (χ1n) is 6.19. The van der Waals surface area contributed by atoms with Gasteiger partial charge in [0, 0.05) is 36.2 Å². The van der Waals surface area contributed by atoms with Crippen molar-refractivity contribution in [3.8, 4) is 0 Å². The molecule has 4 nitrogen and oxygen atoms in total. The molecule has 0 aromatic carbocycles. The Morgan fingerprint density at radius 2 is 2.10 bits per heavy atom. The topological polar surface area (TPSA) is 63.6 Å².